The molecule has 2 aromatic heterocycles. The third kappa shape index (κ3) is 3.19. The van der Waals surface area contributed by atoms with E-state index in [-0.39, 0.29) is 11.5 Å². The molecule has 4 heterocycles. The number of rotatable bonds is 5. The molecule has 4 rings (SSSR count). The number of likely N-dealkylation sites (tertiary alicyclic amines) is 1. The van der Waals surface area contributed by atoms with Gasteiger partial charge < -0.3 is 14.4 Å². The topological polar surface area (TPSA) is 77.4 Å². The number of carbonyl (C=O) groups is 1. The molecule has 0 radical (unpaired) electrons. The standard InChI is InChI=1S/C18H20N4O3/c23-17(15-11-19-7-8-20-15)22-12-18(13-22)14(5-10-25-18)4-9-24-16-3-1-2-6-21-16/h1-3,6-8,11,14H,4-5,9-10,12-13H2/t14-/m1/s1. The van der Waals surface area contributed by atoms with E-state index in [1.807, 2.05) is 18.2 Å². The molecule has 2 saturated heterocycles. The van der Waals surface area contributed by atoms with Crippen LogP contribution in [0, 0.1) is 5.92 Å². The van der Waals surface area contributed by atoms with Crippen LogP contribution in [-0.2, 0) is 4.74 Å². The summed E-state index contributed by atoms with van der Waals surface area (Å²) >= 11 is 0. The molecular weight excluding hydrogens is 320 g/mol. The number of carbonyl (C=O) groups excluding carboxylic acids is 1. The van der Waals surface area contributed by atoms with Crippen LogP contribution in [0.2, 0.25) is 0 Å². The molecule has 130 valence electrons. The highest BCUT2D eigenvalue weighted by atomic mass is 16.5. The maximum atomic E-state index is 12.4. The van der Waals surface area contributed by atoms with Gasteiger partial charge >= 0.3 is 0 Å². The molecule has 1 atom stereocenters. The largest absolute Gasteiger partial charge is 0.478 e. The van der Waals surface area contributed by atoms with Crippen LogP contribution in [0.25, 0.3) is 0 Å². The minimum absolute atomic E-state index is 0.0855. The molecule has 0 unspecified atom stereocenters. The van der Waals surface area contributed by atoms with E-state index in [0.29, 0.717) is 37.2 Å². The number of amides is 1. The van der Waals surface area contributed by atoms with Crippen LogP contribution in [-0.4, -0.2) is 57.7 Å². The normalized spacial score (nSPS) is 21.1. The van der Waals surface area contributed by atoms with Crippen molar-refractivity contribution < 1.29 is 14.3 Å². The van der Waals surface area contributed by atoms with Gasteiger partial charge in [-0.25, -0.2) is 9.97 Å². The molecule has 0 saturated carbocycles. The van der Waals surface area contributed by atoms with E-state index in [2.05, 4.69) is 15.0 Å². The van der Waals surface area contributed by atoms with Crippen molar-refractivity contribution >= 4 is 5.91 Å². The predicted octanol–water partition coefficient (Wildman–Crippen LogP) is 1.57. The van der Waals surface area contributed by atoms with E-state index < -0.39 is 0 Å². The summed E-state index contributed by atoms with van der Waals surface area (Å²) in [7, 11) is 0. The summed E-state index contributed by atoms with van der Waals surface area (Å²) in [6.45, 7) is 2.56. The third-order valence-electron chi connectivity index (χ3n) is 4.94. The van der Waals surface area contributed by atoms with Crippen molar-refractivity contribution in [3.05, 3.63) is 48.7 Å². The summed E-state index contributed by atoms with van der Waals surface area (Å²) in [4.78, 5) is 26.4. The molecule has 2 aromatic rings. The average Bonchev–Trinajstić information content (AvgIpc) is 3.05. The Morgan fingerprint density at radius 1 is 1.28 bits per heavy atom. The smallest absolute Gasteiger partial charge is 0.274 e. The highest BCUT2D eigenvalue weighted by molar-refractivity contribution is 5.92. The zero-order valence-electron chi connectivity index (χ0n) is 13.9. The Kier molecular flexibility index (Phi) is 4.31. The van der Waals surface area contributed by atoms with E-state index >= 15 is 0 Å². The monoisotopic (exact) mass is 340 g/mol. The summed E-state index contributed by atoms with van der Waals surface area (Å²) in [5.74, 6) is 0.948. The molecule has 1 amide bonds. The first kappa shape index (κ1) is 16.0. The predicted molar refractivity (Wildman–Crippen MR) is 89.1 cm³/mol. The third-order valence-corrected chi connectivity index (χ3v) is 4.94. The van der Waals surface area contributed by atoms with Gasteiger partial charge in [-0.05, 0) is 24.8 Å². The van der Waals surface area contributed by atoms with Crippen molar-refractivity contribution in [1.82, 2.24) is 19.9 Å². The van der Waals surface area contributed by atoms with Gasteiger partial charge in [0.1, 0.15) is 11.3 Å². The van der Waals surface area contributed by atoms with Crippen LogP contribution in [0.5, 0.6) is 5.88 Å². The van der Waals surface area contributed by atoms with Crippen LogP contribution in [0.15, 0.2) is 43.0 Å². The van der Waals surface area contributed by atoms with Crippen molar-refractivity contribution in [1.29, 1.82) is 0 Å². The number of hydrogen-bond donors (Lipinski definition) is 0. The Hall–Kier alpha value is -2.54. The minimum atomic E-state index is -0.231. The summed E-state index contributed by atoms with van der Waals surface area (Å²) in [6, 6.07) is 5.62. The second-order valence-electron chi connectivity index (χ2n) is 6.46. The number of nitrogens with zero attached hydrogens (tertiary/aromatic N) is 4. The first-order valence-corrected chi connectivity index (χ1v) is 8.50. The fourth-order valence-corrected chi connectivity index (χ4v) is 3.60. The van der Waals surface area contributed by atoms with Crippen molar-refractivity contribution in [3.8, 4) is 5.88 Å². The highest BCUT2D eigenvalue weighted by Gasteiger charge is 2.54. The Morgan fingerprint density at radius 3 is 2.96 bits per heavy atom. The fraction of sp³-hybridized carbons (Fsp3) is 0.444. The van der Waals surface area contributed by atoms with Crippen LogP contribution >= 0.6 is 0 Å². The lowest BCUT2D eigenvalue weighted by atomic mass is 9.79. The highest BCUT2D eigenvalue weighted by Crippen LogP contribution is 2.42. The van der Waals surface area contributed by atoms with Gasteiger partial charge in [0.15, 0.2) is 0 Å². The van der Waals surface area contributed by atoms with Gasteiger partial charge in [0.05, 0.1) is 25.9 Å². The lowest BCUT2D eigenvalue weighted by molar-refractivity contribution is -0.119. The summed E-state index contributed by atoms with van der Waals surface area (Å²) < 4.78 is 11.7. The molecule has 0 aromatic carbocycles. The van der Waals surface area contributed by atoms with E-state index in [1.165, 1.54) is 12.4 Å². The molecule has 0 N–H and O–H groups in total. The Labute approximate surface area is 146 Å². The van der Waals surface area contributed by atoms with Crippen LogP contribution in [0.1, 0.15) is 23.3 Å². The van der Waals surface area contributed by atoms with E-state index in [1.54, 1.807) is 17.3 Å². The Morgan fingerprint density at radius 2 is 2.20 bits per heavy atom. The first-order valence-electron chi connectivity index (χ1n) is 8.50. The Balaban J connectivity index is 1.31. The molecule has 7 heteroatoms. The average molecular weight is 340 g/mol. The molecular formula is C18H20N4O3. The first-order chi connectivity index (χ1) is 12.3. The summed E-state index contributed by atoms with van der Waals surface area (Å²) in [5.41, 5.74) is 0.149. The van der Waals surface area contributed by atoms with Crippen molar-refractivity contribution in [2.75, 3.05) is 26.3 Å². The minimum Gasteiger partial charge on any atom is -0.478 e. The van der Waals surface area contributed by atoms with Gasteiger partial charge in [-0.3, -0.25) is 9.78 Å². The van der Waals surface area contributed by atoms with Gasteiger partial charge in [-0.1, -0.05) is 6.07 Å². The number of pyridine rings is 1. The molecule has 25 heavy (non-hydrogen) atoms. The van der Waals surface area contributed by atoms with Crippen molar-refractivity contribution in [2.24, 2.45) is 5.92 Å². The molecule has 7 nitrogen and oxygen atoms in total. The van der Waals surface area contributed by atoms with Gasteiger partial charge in [-0.15, -0.1) is 0 Å². The second kappa shape index (κ2) is 6.76. The van der Waals surface area contributed by atoms with Gasteiger partial charge in [-0.2, -0.15) is 0 Å². The lowest BCUT2D eigenvalue weighted by Crippen LogP contribution is -2.66. The number of ether oxygens (including phenoxy) is 2. The maximum Gasteiger partial charge on any atom is 0.274 e. The zero-order chi connectivity index (χ0) is 17.1. The van der Waals surface area contributed by atoms with E-state index in [0.717, 1.165) is 19.4 Å². The fourth-order valence-electron chi connectivity index (χ4n) is 3.60. The van der Waals surface area contributed by atoms with Crippen molar-refractivity contribution in [3.63, 3.8) is 0 Å². The van der Waals surface area contributed by atoms with Crippen molar-refractivity contribution in [2.45, 2.75) is 18.4 Å². The lowest BCUT2D eigenvalue weighted by Gasteiger charge is -2.50. The maximum absolute atomic E-state index is 12.4. The summed E-state index contributed by atoms with van der Waals surface area (Å²) in [5, 5.41) is 0. The molecule has 2 fully saturated rings. The summed E-state index contributed by atoms with van der Waals surface area (Å²) in [6.07, 6.45) is 8.21. The molecule has 0 aliphatic carbocycles. The van der Waals surface area contributed by atoms with Gasteiger partial charge in [0, 0.05) is 31.3 Å². The van der Waals surface area contributed by atoms with Gasteiger partial charge in [0.2, 0.25) is 5.88 Å². The molecule has 2 aliphatic rings. The Bertz CT molecular complexity index is 720. The number of aromatic nitrogens is 3. The van der Waals surface area contributed by atoms with E-state index in [9.17, 15) is 4.79 Å². The van der Waals surface area contributed by atoms with Crippen LogP contribution in [0.3, 0.4) is 0 Å². The van der Waals surface area contributed by atoms with Gasteiger partial charge in [0.25, 0.3) is 5.91 Å². The molecule has 0 bridgehead atoms. The van der Waals surface area contributed by atoms with Crippen LogP contribution in [0.4, 0.5) is 0 Å². The second-order valence-corrected chi connectivity index (χ2v) is 6.46. The van der Waals surface area contributed by atoms with E-state index in [4.69, 9.17) is 9.47 Å². The molecule has 2 aliphatic heterocycles. The quantitative estimate of drug-likeness (QED) is 0.822. The number of hydrogen-bond acceptors (Lipinski definition) is 6. The zero-order valence-corrected chi connectivity index (χ0v) is 13.9. The molecule has 1 spiro atoms. The van der Waals surface area contributed by atoms with Crippen LogP contribution < -0.4 is 4.74 Å². The SMILES string of the molecule is O=C(c1cnccn1)N1CC2(C1)OCC[C@H]2CCOc1ccccn1.